The maximum atomic E-state index is 11.0. The van der Waals surface area contributed by atoms with Gasteiger partial charge in [-0.2, -0.15) is 0 Å². The second-order valence-corrected chi connectivity index (χ2v) is 5.23. The van der Waals surface area contributed by atoms with Crippen molar-refractivity contribution in [2.45, 2.75) is 13.0 Å². The van der Waals surface area contributed by atoms with E-state index in [1.807, 2.05) is 13.0 Å². The molecule has 1 aliphatic heterocycles. The Morgan fingerprint density at radius 2 is 2.19 bits per heavy atom. The maximum Gasteiger partial charge on any atom is 0.292 e. The summed E-state index contributed by atoms with van der Waals surface area (Å²) in [5, 5.41) is 24.0. The van der Waals surface area contributed by atoms with E-state index in [1.54, 1.807) is 6.07 Å². The monoisotopic (exact) mass is 295 g/mol. The van der Waals surface area contributed by atoms with Gasteiger partial charge in [0.05, 0.1) is 24.2 Å². The van der Waals surface area contributed by atoms with Crippen LogP contribution in [0.4, 0.5) is 11.4 Å². The van der Waals surface area contributed by atoms with E-state index in [0.29, 0.717) is 25.4 Å². The van der Waals surface area contributed by atoms with Crippen molar-refractivity contribution in [3.8, 4) is 0 Å². The van der Waals surface area contributed by atoms with Gasteiger partial charge in [-0.1, -0.05) is 6.07 Å². The van der Waals surface area contributed by atoms with Crippen LogP contribution in [0.5, 0.6) is 0 Å². The van der Waals surface area contributed by atoms with Crippen LogP contribution in [0.15, 0.2) is 18.2 Å². The molecule has 0 aromatic heterocycles. The zero-order valence-electron chi connectivity index (χ0n) is 12.1. The number of hydrogen-bond acceptors (Lipinski definition) is 6. The van der Waals surface area contributed by atoms with Crippen molar-refractivity contribution in [2.75, 3.05) is 44.7 Å². The number of aliphatic hydroxyl groups excluding tert-OH is 1. The van der Waals surface area contributed by atoms with Gasteiger partial charge in [0.25, 0.3) is 5.69 Å². The number of morpholine rings is 1. The van der Waals surface area contributed by atoms with Gasteiger partial charge in [-0.15, -0.1) is 0 Å². The number of nitro groups is 1. The Bertz CT molecular complexity index is 489. The van der Waals surface area contributed by atoms with E-state index in [1.165, 1.54) is 6.07 Å². The third-order valence-corrected chi connectivity index (χ3v) is 3.45. The van der Waals surface area contributed by atoms with Crippen LogP contribution in [-0.4, -0.2) is 60.4 Å². The number of aliphatic hydroxyl groups is 1. The first-order chi connectivity index (χ1) is 10.1. The average molecular weight is 295 g/mol. The molecule has 1 atom stereocenters. The number of benzene rings is 1. The molecule has 0 unspecified atom stereocenters. The van der Waals surface area contributed by atoms with Crippen molar-refractivity contribution in [1.82, 2.24) is 4.90 Å². The Balaban J connectivity index is 1.88. The highest BCUT2D eigenvalue weighted by Crippen LogP contribution is 2.25. The summed E-state index contributed by atoms with van der Waals surface area (Å²) in [7, 11) is 0. The van der Waals surface area contributed by atoms with Gasteiger partial charge in [0.1, 0.15) is 5.69 Å². The molecule has 0 aliphatic carbocycles. The van der Waals surface area contributed by atoms with Crippen LogP contribution < -0.4 is 5.32 Å². The molecule has 1 saturated heterocycles. The minimum absolute atomic E-state index is 0.0357. The summed E-state index contributed by atoms with van der Waals surface area (Å²) in [6, 6.07) is 5.01. The molecule has 0 spiro atoms. The highest BCUT2D eigenvalue weighted by molar-refractivity contribution is 5.62. The molecule has 1 aromatic carbocycles. The molecule has 0 saturated carbocycles. The lowest BCUT2D eigenvalue weighted by Crippen LogP contribution is -2.42. The standard InChI is InChI=1S/C14H21N3O4/c1-11-2-3-13(14(8-11)17(19)20)15-9-12(18)10-16-4-6-21-7-5-16/h2-3,8,12,15,18H,4-7,9-10H2,1H3/t12-/m0/s1. The molecule has 7 nitrogen and oxygen atoms in total. The first kappa shape index (κ1) is 15.7. The van der Waals surface area contributed by atoms with Crippen LogP contribution in [0.25, 0.3) is 0 Å². The smallest absolute Gasteiger partial charge is 0.292 e. The quantitative estimate of drug-likeness (QED) is 0.601. The second kappa shape index (κ2) is 7.35. The number of aryl methyl sites for hydroxylation is 1. The number of β-amino-alcohol motifs (C(OH)–C–C–N with tert-alkyl or cyclic N) is 1. The van der Waals surface area contributed by atoms with Gasteiger partial charge < -0.3 is 15.2 Å². The summed E-state index contributed by atoms with van der Waals surface area (Å²) in [5.74, 6) is 0. The molecule has 1 fully saturated rings. The molecule has 21 heavy (non-hydrogen) atoms. The fourth-order valence-corrected chi connectivity index (χ4v) is 2.32. The van der Waals surface area contributed by atoms with E-state index in [9.17, 15) is 15.2 Å². The van der Waals surface area contributed by atoms with Crippen molar-refractivity contribution in [3.05, 3.63) is 33.9 Å². The van der Waals surface area contributed by atoms with Crippen LogP contribution in [0.3, 0.4) is 0 Å². The average Bonchev–Trinajstić information content (AvgIpc) is 2.47. The number of nitro benzene ring substituents is 1. The van der Waals surface area contributed by atoms with Crippen molar-refractivity contribution >= 4 is 11.4 Å². The Labute approximate surface area is 123 Å². The Morgan fingerprint density at radius 3 is 2.86 bits per heavy atom. The van der Waals surface area contributed by atoms with Gasteiger partial charge in [-0.05, 0) is 18.6 Å². The van der Waals surface area contributed by atoms with E-state index >= 15 is 0 Å². The summed E-state index contributed by atoms with van der Waals surface area (Å²) in [6.45, 7) is 5.61. The molecule has 0 radical (unpaired) electrons. The van der Waals surface area contributed by atoms with Crippen molar-refractivity contribution in [2.24, 2.45) is 0 Å². The Morgan fingerprint density at radius 1 is 1.48 bits per heavy atom. The van der Waals surface area contributed by atoms with E-state index in [4.69, 9.17) is 4.74 Å². The topological polar surface area (TPSA) is 87.9 Å². The molecule has 1 heterocycles. The van der Waals surface area contributed by atoms with Gasteiger partial charge in [-0.25, -0.2) is 0 Å². The third-order valence-electron chi connectivity index (χ3n) is 3.45. The normalized spacial score (nSPS) is 17.4. The lowest BCUT2D eigenvalue weighted by atomic mass is 10.2. The maximum absolute atomic E-state index is 11.0. The first-order valence-electron chi connectivity index (χ1n) is 7.03. The van der Waals surface area contributed by atoms with Gasteiger partial charge in [0.2, 0.25) is 0 Å². The van der Waals surface area contributed by atoms with Gasteiger partial charge in [0.15, 0.2) is 0 Å². The van der Waals surface area contributed by atoms with Crippen molar-refractivity contribution < 1.29 is 14.8 Å². The number of anilines is 1. The zero-order chi connectivity index (χ0) is 15.2. The SMILES string of the molecule is Cc1ccc(NC[C@H](O)CN2CCOCC2)c([N+](=O)[O-])c1. The zero-order valence-corrected chi connectivity index (χ0v) is 12.1. The number of rotatable bonds is 6. The largest absolute Gasteiger partial charge is 0.390 e. The van der Waals surface area contributed by atoms with Crippen LogP contribution >= 0.6 is 0 Å². The van der Waals surface area contributed by atoms with E-state index < -0.39 is 11.0 Å². The number of nitrogens with one attached hydrogen (secondary N) is 1. The molecule has 1 aliphatic rings. The predicted octanol–water partition coefficient (Wildman–Crippen LogP) is 1.01. The Kier molecular flexibility index (Phi) is 5.49. The summed E-state index contributed by atoms with van der Waals surface area (Å²) in [5.41, 5.74) is 1.31. The molecule has 0 amide bonds. The van der Waals surface area contributed by atoms with Gasteiger partial charge in [0, 0.05) is 32.2 Å². The molecule has 2 rings (SSSR count). The summed E-state index contributed by atoms with van der Waals surface area (Å²) >= 11 is 0. The predicted molar refractivity (Wildman–Crippen MR) is 79.6 cm³/mol. The van der Waals surface area contributed by atoms with Crippen molar-refractivity contribution in [3.63, 3.8) is 0 Å². The molecule has 116 valence electrons. The summed E-state index contributed by atoms with van der Waals surface area (Å²) in [6.07, 6.45) is -0.580. The Hall–Kier alpha value is -1.70. The molecule has 7 heteroatoms. The van der Waals surface area contributed by atoms with Crippen LogP contribution in [0.2, 0.25) is 0 Å². The van der Waals surface area contributed by atoms with Gasteiger partial charge in [-0.3, -0.25) is 15.0 Å². The van der Waals surface area contributed by atoms with E-state index in [-0.39, 0.29) is 12.2 Å². The van der Waals surface area contributed by atoms with E-state index in [0.717, 1.165) is 18.7 Å². The molecular weight excluding hydrogens is 274 g/mol. The van der Waals surface area contributed by atoms with Crippen LogP contribution in [0.1, 0.15) is 5.56 Å². The highest BCUT2D eigenvalue weighted by Gasteiger charge is 2.17. The fourth-order valence-electron chi connectivity index (χ4n) is 2.32. The highest BCUT2D eigenvalue weighted by atomic mass is 16.6. The minimum atomic E-state index is -0.580. The molecule has 0 bridgehead atoms. The number of nitrogens with zero attached hydrogens (tertiary/aromatic N) is 2. The van der Waals surface area contributed by atoms with Crippen molar-refractivity contribution in [1.29, 1.82) is 0 Å². The number of hydrogen-bond donors (Lipinski definition) is 2. The summed E-state index contributed by atoms with van der Waals surface area (Å²) in [4.78, 5) is 12.7. The third kappa shape index (κ3) is 4.66. The first-order valence-corrected chi connectivity index (χ1v) is 7.03. The lowest BCUT2D eigenvalue weighted by molar-refractivity contribution is -0.384. The van der Waals surface area contributed by atoms with Crippen LogP contribution in [0, 0.1) is 17.0 Å². The number of ether oxygens (including phenoxy) is 1. The molecule has 1 aromatic rings. The fraction of sp³-hybridized carbons (Fsp3) is 0.571. The summed E-state index contributed by atoms with van der Waals surface area (Å²) < 4.78 is 5.25. The van der Waals surface area contributed by atoms with Gasteiger partial charge >= 0.3 is 0 Å². The lowest BCUT2D eigenvalue weighted by Gasteiger charge is -2.28. The second-order valence-electron chi connectivity index (χ2n) is 5.23. The van der Waals surface area contributed by atoms with E-state index in [2.05, 4.69) is 10.2 Å². The minimum Gasteiger partial charge on any atom is -0.390 e. The molecular formula is C14H21N3O4. The molecule has 2 N–H and O–H groups in total. The van der Waals surface area contributed by atoms with Crippen LogP contribution in [-0.2, 0) is 4.74 Å².